The standard InChI is InChI=1S/C14H28N2O2/c1-11(2)15-12-6-5-8-16(13(12)18)10-14(3,4)7-9-17/h11-12,15,17H,5-10H2,1-4H3. The lowest BCUT2D eigenvalue weighted by Gasteiger charge is -2.38. The summed E-state index contributed by atoms with van der Waals surface area (Å²) in [5.74, 6) is 0.223. The summed E-state index contributed by atoms with van der Waals surface area (Å²) < 4.78 is 0. The number of carbonyl (C=O) groups is 1. The summed E-state index contributed by atoms with van der Waals surface area (Å²) >= 11 is 0. The summed E-state index contributed by atoms with van der Waals surface area (Å²) in [7, 11) is 0. The summed E-state index contributed by atoms with van der Waals surface area (Å²) in [6.07, 6.45) is 2.73. The van der Waals surface area contributed by atoms with Gasteiger partial charge in [-0.15, -0.1) is 0 Å². The van der Waals surface area contributed by atoms with Gasteiger partial charge in [0.05, 0.1) is 6.04 Å². The van der Waals surface area contributed by atoms with E-state index in [1.807, 2.05) is 4.90 Å². The van der Waals surface area contributed by atoms with Crippen molar-refractivity contribution in [2.24, 2.45) is 5.41 Å². The molecule has 1 rings (SSSR count). The summed E-state index contributed by atoms with van der Waals surface area (Å²) in [6.45, 7) is 10.1. The Morgan fingerprint density at radius 3 is 2.72 bits per heavy atom. The highest BCUT2D eigenvalue weighted by atomic mass is 16.3. The molecule has 0 aromatic heterocycles. The van der Waals surface area contributed by atoms with Gasteiger partial charge < -0.3 is 15.3 Å². The zero-order valence-corrected chi connectivity index (χ0v) is 12.2. The number of likely N-dealkylation sites (tertiary alicyclic amines) is 1. The van der Waals surface area contributed by atoms with Gasteiger partial charge in [-0.05, 0) is 24.7 Å². The molecule has 2 N–H and O–H groups in total. The van der Waals surface area contributed by atoms with Gasteiger partial charge in [0, 0.05) is 25.7 Å². The Kier molecular flexibility index (Phi) is 5.60. The molecule has 0 radical (unpaired) electrons. The first kappa shape index (κ1) is 15.4. The molecule has 4 heteroatoms. The molecule has 1 atom stereocenters. The third kappa shape index (κ3) is 4.58. The molecule has 0 saturated carbocycles. The molecular formula is C14H28N2O2. The van der Waals surface area contributed by atoms with E-state index in [1.54, 1.807) is 0 Å². The molecule has 1 unspecified atom stereocenters. The fourth-order valence-corrected chi connectivity index (χ4v) is 2.55. The van der Waals surface area contributed by atoms with Crippen LogP contribution in [-0.4, -0.2) is 47.7 Å². The molecule has 1 heterocycles. The van der Waals surface area contributed by atoms with Gasteiger partial charge in [0.25, 0.3) is 0 Å². The van der Waals surface area contributed by atoms with Gasteiger partial charge >= 0.3 is 0 Å². The maximum atomic E-state index is 12.3. The predicted octanol–water partition coefficient (Wildman–Crippen LogP) is 1.38. The highest BCUT2D eigenvalue weighted by molar-refractivity contribution is 5.82. The molecule has 0 aliphatic carbocycles. The maximum Gasteiger partial charge on any atom is 0.239 e. The molecule has 0 spiro atoms. The van der Waals surface area contributed by atoms with E-state index in [0.29, 0.717) is 6.04 Å². The third-order valence-corrected chi connectivity index (χ3v) is 3.47. The first-order chi connectivity index (χ1) is 8.35. The summed E-state index contributed by atoms with van der Waals surface area (Å²) in [6, 6.07) is 0.313. The predicted molar refractivity (Wildman–Crippen MR) is 73.4 cm³/mol. The summed E-state index contributed by atoms with van der Waals surface area (Å²) in [4.78, 5) is 14.3. The summed E-state index contributed by atoms with van der Waals surface area (Å²) in [5.41, 5.74) is -0.00979. The van der Waals surface area contributed by atoms with Crippen LogP contribution in [-0.2, 0) is 4.79 Å². The second-order valence-corrected chi connectivity index (χ2v) is 6.41. The fourth-order valence-electron chi connectivity index (χ4n) is 2.55. The van der Waals surface area contributed by atoms with E-state index >= 15 is 0 Å². The Morgan fingerprint density at radius 2 is 2.17 bits per heavy atom. The van der Waals surface area contributed by atoms with Crippen LogP contribution in [0.3, 0.4) is 0 Å². The largest absolute Gasteiger partial charge is 0.396 e. The number of rotatable bonds is 6. The quantitative estimate of drug-likeness (QED) is 0.755. The second kappa shape index (κ2) is 6.53. The number of carbonyl (C=O) groups excluding carboxylic acids is 1. The van der Waals surface area contributed by atoms with Crippen molar-refractivity contribution in [3.05, 3.63) is 0 Å². The van der Waals surface area contributed by atoms with Gasteiger partial charge in [-0.3, -0.25) is 4.79 Å². The number of piperidine rings is 1. The van der Waals surface area contributed by atoms with Crippen molar-refractivity contribution < 1.29 is 9.90 Å². The number of aliphatic hydroxyl groups excluding tert-OH is 1. The molecule has 0 bridgehead atoms. The van der Waals surface area contributed by atoms with Crippen LogP contribution in [0, 0.1) is 5.41 Å². The smallest absolute Gasteiger partial charge is 0.239 e. The Morgan fingerprint density at radius 1 is 1.50 bits per heavy atom. The van der Waals surface area contributed by atoms with E-state index in [2.05, 4.69) is 33.0 Å². The molecule has 1 saturated heterocycles. The molecular weight excluding hydrogens is 228 g/mol. The van der Waals surface area contributed by atoms with Gasteiger partial charge in [-0.25, -0.2) is 0 Å². The average molecular weight is 256 g/mol. The van der Waals surface area contributed by atoms with E-state index in [4.69, 9.17) is 5.11 Å². The fraction of sp³-hybridized carbons (Fsp3) is 0.929. The van der Waals surface area contributed by atoms with E-state index < -0.39 is 0 Å². The molecule has 106 valence electrons. The number of hydrogen-bond acceptors (Lipinski definition) is 3. The Labute approximate surface area is 111 Å². The van der Waals surface area contributed by atoms with Crippen molar-refractivity contribution in [3.8, 4) is 0 Å². The SMILES string of the molecule is CC(C)NC1CCCN(CC(C)(C)CCO)C1=O. The van der Waals surface area contributed by atoms with E-state index in [9.17, 15) is 4.79 Å². The highest BCUT2D eigenvalue weighted by Crippen LogP contribution is 2.24. The molecule has 1 fully saturated rings. The second-order valence-electron chi connectivity index (χ2n) is 6.41. The molecule has 1 aliphatic rings. The number of amides is 1. The summed E-state index contributed by atoms with van der Waals surface area (Å²) in [5, 5.41) is 12.4. The van der Waals surface area contributed by atoms with Crippen LogP contribution >= 0.6 is 0 Å². The van der Waals surface area contributed by atoms with E-state index in [-0.39, 0.29) is 24.0 Å². The van der Waals surface area contributed by atoms with Crippen molar-refractivity contribution in [2.75, 3.05) is 19.7 Å². The lowest BCUT2D eigenvalue weighted by Crippen LogP contribution is -2.54. The van der Waals surface area contributed by atoms with Crippen molar-refractivity contribution in [3.63, 3.8) is 0 Å². The van der Waals surface area contributed by atoms with Crippen LogP contribution in [0.15, 0.2) is 0 Å². The van der Waals surface area contributed by atoms with Crippen LogP contribution in [0.1, 0.15) is 47.0 Å². The van der Waals surface area contributed by atoms with Gasteiger partial charge in [0.15, 0.2) is 0 Å². The molecule has 0 aromatic rings. The van der Waals surface area contributed by atoms with Crippen LogP contribution in [0.4, 0.5) is 0 Å². The van der Waals surface area contributed by atoms with Crippen LogP contribution in [0.2, 0.25) is 0 Å². The Hall–Kier alpha value is -0.610. The molecule has 1 amide bonds. The minimum atomic E-state index is -0.0244. The topological polar surface area (TPSA) is 52.6 Å². The monoisotopic (exact) mass is 256 g/mol. The molecule has 1 aliphatic heterocycles. The van der Waals surface area contributed by atoms with Crippen molar-refractivity contribution >= 4 is 5.91 Å². The Bertz CT molecular complexity index is 277. The first-order valence-corrected chi connectivity index (χ1v) is 7.01. The van der Waals surface area contributed by atoms with Crippen molar-refractivity contribution in [2.45, 2.75) is 59.0 Å². The van der Waals surface area contributed by atoms with Crippen LogP contribution < -0.4 is 5.32 Å². The lowest BCUT2D eigenvalue weighted by atomic mass is 9.88. The minimum absolute atomic E-state index is 0.00979. The molecule has 0 aromatic carbocycles. The minimum Gasteiger partial charge on any atom is -0.396 e. The highest BCUT2D eigenvalue weighted by Gasteiger charge is 2.32. The van der Waals surface area contributed by atoms with Gasteiger partial charge in [-0.1, -0.05) is 27.7 Å². The Balaban J connectivity index is 2.58. The maximum absolute atomic E-state index is 12.3. The van der Waals surface area contributed by atoms with Crippen LogP contribution in [0.25, 0.3) is 0 Å². The number of nitrogens with one attached hydrogen (secondary N) is 1. The van der Waals surface area contributed by atoms with Gasteiger partial charge in [-0.2, -0.15) is 0 Å². The normalized spacial score (nSPS) is 21.8. The van der Waals surface area contributed by atoms with Crippen molar-refractivity contribution in [1.82, 2.24) is 10.2 Å². The zero-order valence-electron chi connectivity index (χ0n) is 12.2. The van der Waals surface area contributed by atoms with Gasteiger partial charge in [0.2, 0.25) is 5.91 Å². The first-order valence-electron chi connectivity index (χ1n) is 7.01. The van der Waals surface area contributed by atoms with Crippen LogP contribution in [0.5, 0.6) is 0 Å². The van der Waals surface area contributed by atoms with E-state index in [1.165, 1.54) is 0 Å². The van der Waals surface area contributed by atoms with Gasteiger partial charge in [0.1, 0.15) is 0 Å². The van der Waals surface area contributed by atoms with Crippen molar-refractivity contribution in [1.29, 1.82) is 0 Å². The average Bonchev–Trinajstić information content (AvgIpc) is 2.23. The number of nitrogens with zero attached hydrogens (tertiary/aromatic N) is 1. The molecule has 18 heavy (non-hydrogen) atoms. The number of hydrogen-bond donors (Lipinski definition) is 2. The zero-order chi connectivity index (χ0) is 13.8. The molecule has 4 nitrogen and oxygen atoms in total. The number of aliphatic hydroxyl groups is 1. The third-order valence-electron chi connectivity index (χ3n) is 3.47. The van der Waals surface area contributed by atoms with E-state index in [0.717, 1.165) is 32.4 Å². The lowest BCUT2D eigenvalue weighted by molar-refractivity contribution is -0.137.